The maximum atomic E-state index is 14.2. The van der Waals surface area contributed by atoms with Gasteiger partial charge in [-0.3, -0.25) is 9.69 Å². The predicted octanol–water partition coefficient (Wildman–Crippen LogP) is 3.61. The van der Waals surface area contributed by atoms with Crippen molar-refractivity contribution in [2.24, 2.45) is 0 Å². The van der Waals surface area contributed by atoms with E-state index in [9.17, 15) is 9.18 Å². The van der Waals surface area contributed by atoms with Crippen LogP contribution in [0.4, 0.5) is 15.8 Å². The Labute approximate surface area is 169 Å². The summed E-state index contributed by atoms with van der Waals surface area (Å²) in [5.41, 5.74) is 1.63. The molecule has 4 rings (SSSR count). The first-order valence-corrected chi connectivity index (χ1v) is 9.58. The van der Waals surface area contributed by atoms with E-state index < -0.39 is 0 Å². The number of nitrogens with zero attached hydrogens (tertiary/aromatic N) is 3. The van der Waals surface area contributed by atoms with E-state index in [1.54, 1.807) is 12.1 Å². The first-order valence-electron chi connectivity index (χ1n) is 9.58. The van der Waals surface area contributed by atoms with Gasteiger partial charge in [-0.25, -0.2) is 4.39 Å². The second-order valence-electron chi connectivity index (χ2n) is 7.12. The van der Waals surface area contributed by atoms with Gasteiger partial charge in [-0.05, 0) is 29.7 Å². The highest BCUT2D eigenvalue weighted by molar-refractivity contribution is 6.02. The number of halogens is 1. The Morgan fingerprint density at radius 3 is 2.55 bits per heavy atom. The van der Waals surface area contributed by atoms with E-state index in [0.29, 0.717) is 44.0 Å². The molecule has 0 bridgehead atoms. The Kier molecular flexibility index (Phi) is 5.41. The topological polar surface area (TPSA) is 59.4 Å². The molecule has 1 heterocycles. The molecule has 0 spiro atoms. The number of hydrogen-bond donors (Lipinski definition) is 1. The Bertz CT molecular complexity index is 1080. The molecule has 0 aliphatic carbocycles. The molecule has 1 fully saturated rings. The molecule has 1 N–H and O–H groups in total. The molecule has 3 aromatic carbocycles. The van der Waals surface area contributed by atoms with Crippen molar-refractivity contribution in [2.45, 2.75) is 0 Å². The van der Waals surface area contributed by atoms with Gasteiger partial charge in [-0.1, -0.05) is 36.4 Å². The van der Waals surface area contributed by atoms with Crippen molar-refractivity contribution < 1.29 is 9.18 Å². The van der Waals surface area contributed by atoms with Crippen molar-refractivity contribution in [3.63, 3.8) is 0 Å². The number of carbonyl (C=O) groups excluding carboxylic acids is 1. The summed E-state index contributed by atoms with van der Waals surface area (Å²) in [6.07, 6.45) is 0. The van der Waals surface area contributed by atoms with Crippen molar-refractivity contribution in [2.75, 3.05) is 42.9 Å². The Hall–Kier alpha value is -3.43. The zero-order valence-corrected chi connectivity index (χ0v) is 15.9. The minimum Gasteiger partial charge on any atom is -0.367 e. The minimum absolute atomic E-state index is 0.0562. The van der Waals surface area contributed by atoms with Gasteiger partial charge in [0.1, 0.15) is 5.82 Å². The van der Waals surface area contributed by atoms with Crippen LogP contribution in [-0.4, -0.2) is 43.5 Å². The maximum absolute atomic E-state index is 14.2. The van der Waals surface area contributed by atoms with Crippen LogP contribution in [0.2, 0.25) is 0 Å². The van der Waals surface area contributed by atoms with Gasteiger partial charge in [0.25, 0.3) is 0 Å². The lowest BCUT2D eigenvalue weighted by molar-refractivity contribution is -0.117. The summed E-state index contributed by atoms with van der Waals surface area (Å²) in [6.45, 7) is 2.90. The number of nitriles is 1. The van der Waals surface area contributed by atoms with Crippen molar-refractivity contribution in [3.8, 4) is 6.07 Å². The lowest BCUT2D eigenvalue weighted by Gasteiger charge is -2.35. The molecular weight excluding hydrogens is 367 g/mol. The van der Waals surface area contributed by atoms with Crippen molar-refractivity contribution in [1.82, 2.24) is 4.90 Å². The SMILES string of the molecule is N#Cc1ccc(N2CCN(CC(=O)Nc3cccc4ccccc34)CC2)c(F)c1. The Morgan fingerprint density at radius 2 is 1.79 bits per heavy atom. The number of anilines is 2. The van der Waals surface area contributed by atoms with E-state index in [4.69, 9.17) is 5.26 Å². The molecule has 0 aromatic heterocycles. The summed E-state index contributed by atoms with van der Waals surface area (Å²) in [6, 6.07) is 20.3. The lowest BCUT2D eigenvalue weighted by Crippen LogP contribution is -2.48. The normalized spacial score (nSPS) is 14.6. The number of amides is 1. The molecule has 5 nitrogen and oxygen atoms in total. The molecule has 6 heteroatoms. The van der Waals surface area contributed by atoms with E-state index >= 15 is 0 Å². The third-order valence-electron chi connectivity index (χ3n) is 5.22. The molecule has 1 aliphatic heterocycles. The van der Waals surface area contributed by atoms with E-state index in [0.717, 1.165) is 16.5 Å². The second-order valence-corrected chi connectivity index (χ2v) is 7.12. The second kappa shape index (κ2) is 8.29. The van der Waals surface area contributed by atoms with Crippen molar-refractivity contribution in [3.05, 3.63) is 72.0 Å². The average molecular weight is 388 g/mol. The fraction of sp³-hybridized carbons (Fsp3) is 0.217. The highest BCUT2D eigenvalue weighted by Gasteiger charge is 2.21. The van der Waals surface area contributed by atoms with Crippen LogP contribution in [0.25, 0.3) is 10.8 Å². The number of benzene rings is 3. The Morgan fingerprint density at radius 1 is 1.03 bits per heavy atom. The Balaban J connectivity index is 1.35. The molecule has 0 atom stereocenters. The van der Waals surface area contributed by atoms with Crippen molar-refractivity contribution in [1.29, 1.82) is 5.26 Å². The first-order chi connectivity index (χ1) is 14.1. The van der Waals surface area contributed by atoms with Gasteiger partial charge in [0.2, 0.25) is 5.91 Å². The van der Waals surface area contributed by atoms with E-state index in [1.807, 2.05) is 53.4 Å². The van der Waals surface area contributed by atoms with Crippen LogP contribution in [0.5, 0.6) is 0 Å². The standard InChI is InChI=1S/C23H21FN4O/c24-20-14-17(15-25)8-9-22(20)28-12-10-27(11-13-28)16-23(29)26-21-7-3-5-18-4-1-2-6-19(18)21/h1-9,14H,10-13,16H2,(H,26,29). The predicted molar refractivity (Wildman–Crippen MR) is 112 cm³/mol. The van der Waals surface area contributed by atoms with Crippen LogP contribution < -0.4 is 10.2 Å². The number of carbonyl (C=O) groups is 1. The fourth-order valence-electron chi connectivity index (χ4n) is 3.71. The lowest BCUT2D eigenvalue weighted by atomic mass is 10.1. The average Bonchev–Trinajstić information content (AvgIpc) is 2.74. The van der Waals surface area contributed by atoms with Gasteiger partial charge in [0, 0.05) is 37.3 Å². The van der Waals surface area contributed by atoms with Crippen molar-refractivity contribution >= 4 is 28.1 Å². The zero-order chi connectivity index (χ0) is 20.2. The number of rotatable bonds is 4. The van der Waals surface area contributed by atoms with Crippen LogP contribution in [0.1, 0.15) is 5.56 Å². The molecule has 3 aromatic rings. The third kappa shape index (κ3) is 4.20. The van der Waals surface area contributed by atoms with Crippen LogP contribution in [0.3, 0.4) is 0 Å². The fourth-order valence-corrected chi connectivity index (χ4v) is 3.71. The smallest absolute Gasteiger partial charge is 0.238 e. The highest BCUT2D eigenvalue weighted by atomic mass is 19.1. The van der Waals surface area contributed by atoms with Gasteiger partial charge < -0.3 is 10.2 Å². The number of fused-ring (bicyclic) bond motifs is 1. The molecule has 1 aliphatic rings. The van der Waals surface area contributed by atoms with Gasteiger partial charge in [0.15, 0.2) is 0 Å². The third-order valence-corrected chi connectivity index (χ3v) is 5.22. The monoisotopic (exact) mass is 388 g/mol. The summed E-state index contributed by atoms with van der Waals surface area (Å²) in [5.74, 6) is -0.439. The maximum Gasteiger partial charge on any atom is 0.238 e. The minimum atomic E-state index is -0.383. The van der Waals surface area contributed by atoms with Crippen LogP contribution in [0, 0.1) is 17.1 Å². The number of nitrogens with one attached hydrogen (secondary N) is 1. The number of piperazine rings is 1. The van der Waals surface area contributed by atoms with Crippen LogP contribution >= 0.6 is 0 Å². The largest absolute Gasteiger partial charge is 0.367 e. The van der Waals surface area contributed by atoms with Gasteiger partial charge in [-0.15, -0.1) is 0 Å². The summed E-state index contributed by atoms with van der Waals surface area (Å²) in [4.78, 5) is 16.6. The van der Waals surface area contributed by atoms with Gasteiger partial charge in [-0.2, -0.15) is 5.26 Å². The van der Waals surface area contributed by atoms with Gasteiger partial charge >= 0.3 is 0 Å². The summed E-state index contributed by atoms with van der Waals surface area (Å²) in [7, 11) is 0. The molecule has 0 saturated carbocycles. The van der Waals surface area contributed by atoms with Crippen LogP contribution in [-0.2, 0) is 4.79 Å². The molecule has 1 amide bonds. The van der Waals surface area contributed by atoms with E-state index in [1.165, 1.54) is 6.07 Å². The van der Waals surface area contributed by atoms with E-state index in [2.05, 4.69) is 10.2 Å². The first kappa shape index (κ1) is 18.9. The summed E-state index contributed by atoms with van der Waals surface area (Å²) >= 11 is 0. The van der Waals surface area contributed by atoms with E-state index in [-0.39, 0.29) is 11.7 Å². The zero-order valence-electron chi connectivity index (χ0n) is 15.9. The molecule has 29 heavy (non-hydrogen) atoms. The quantitative estimate of drug-likeness (QED) is 0.742. The molecular formula is C23H21FN4O. The number of hydrogen-bond acceptors (Lipinski definition) is 4. The molecule has 1 saturated heterocycles. The van der Waals surface area contributed by atoms with Crippen LogP contribution in [0.15, 0.2) is 60.7 Å². The molecule has 0 unspecified atom stereocenters. The van der Waals surface area contributed by atoms with Gasteiger partial charge in [0.05, 0.1) is 23.9 Å². The molecule has 146 valence electrons. The highest BCUT2D eigenvalue weighted by Crippen LogP contribution is 2.24. The summed E-state index contributed by atoms with van der Waals surface area (Å²) in [5, 5.41) is 14.0. The molecule has 0 radical (unpaired) electrons. The summed E-state index contributed by atoms with van der Waals surface area (Å²) < 4.78 is 14.2.